The van der Waals surface area contributed by atoms with Crippen LogP contribution in [0.1, 0.15) is 17.5 Å². The second kappa shape index (κ2) is 3.23. The van der Waals surface area contributed by atoms with Crippen molar-refractivity contribution in [1.29, 1.82) is 0 Å². The van der Waals surface area contributed by atoms with Gasteiger partial charge in [-0.1, -0.05) is 12.1 Å². The summed E-state index contributed by atoms with van der Waals surface area (Å²) in [5.74, 6) is 0.379. The first-order valence-corrected chi connectivity index (χ1v) is 5.49. The Bertz CT molecular complexity index is 526. The third-order valence-electron chi connectivity index (χ3n) is 3.27. The van der Waals surface area contributed by atoms with Crippen molar-refractivity contribution in [2.45, 2.75) is 18.9 Å². The number of urea groups is 1. The predicted octanol–water partition coefficient (Wildman–Crippen LogP) is 0.812. The van der Waals surface area contributed by atoms with Gasteiger partial charge in [0.15, 0.2) is 5.54 Å². The third-order valence-corrected chi connectivity index (χ3v) is 3.27. The highest BCUT2D eigenvalue weighted by Crippen LogP contribution is 2.39. The van der Waals surface area contributed by atoms with Crippen LogP contribution in [0.15, 0.2) is 18.2 Å². The zero-order chi connectivity index (χ0) is 12.0. The highest BCUT2D eigenvalue weighted by molar-refractivity contribution is 6.07. The van der Waals surface area contributed by atoms with Gasteiger partial charge in [-0.2, -0.15) is 0 Å². The van der Waals surface area contributed by atoms with E-state index in [1.165, 1.54) is 0 Å². The second-order valence-corrected chi connectivity index (χ2v) is 4.41. The molecule has 1 atom stereocenters. The molecule has 2 N–H and O–H groups in total. The van der Waals surface area contributed by atoms with E-state index in [4.69, 9.17) is 4.74 Å². The van der Waals surface area contributed by atoms with E-state index in [-0.39, 0.29) is 5.91 Å². The molecule has 0 bridgehead atoms. The van der Waals surface area contributed by atoms with Crippen LogP contribution in [0, 0.1) is 6.92 Å². The summed E-state index contributed by atoms with van der Waals surface area (Å²) in [4.78, 5) is 23.3. The molecule has 3 amide bonds. The maximum atomic E-state index is 12.0. The van der Waals surface area contributed by atoms with Crippen molar-refractivity contribution in [3.8, 4) is 5.75 Å². The number of hydrogen-bond donors (Lipinski definition) is 2. The molecule has 1 saturated heterocycles. The van der Waals surface area contributed by atoms with Crippen LogP contribution < -0.4 is 15.4 Å². The zero-order valence-electron chi connectivity index (χ0n) is 9.37. The largest absolute Gasteiger partial charge is 0.493 e. The monoisotopic (exact) mass is 232 g/mol. The minimum atomic E-state index is -0.946. The molecule has 1 aromatic carbocycles. The molecule has 2 heterocycles. The first-order valence-electron chi connectivity index (χ1n) is 5.49. The van der Waals surface area contributed by atoms with Gasteiger partial charge in [-0.25, -0.2) is 4.79 Å². The Morgan fingerprint density at radius 1 is 1.35 bits per heavy atom. The predicted molar refractivity (Wildman–Crippen MR) is 59.6 cm³/mol. The molecule has 0 aliphatic carbocycles. The lowest BCUT2D eigenvalue weighted by atomic mass is 9.84. The number of amides is 3. The van der Waals surface area contributed by atoms with Gasteiger partial charge in [-0.05, 0) is 18.6 Å². The molecule has 0 radical (unpaired) electrons. The summed E-state index contributed by atoms with van der Waals surface area (Å²) in [5.41, 5.74) is 0.849. The average Bonchev–Trinajstić information content (AvgIpc) is 2.54. The van der Waals surface area contributed by atoms with Gasteiger partial charge in [-0.3, -0.25) is 10.1 Å². The molecular weight excluding hydrogens is 220 g/mol. The molecule has 1 unspecified atom stereocenters. The maximum absolute atomic E-state index is 12.0. The number of rotatable bonds is 0. The molecule has 0 saturated carbocycles. The van der Waals surface area contributed by atoms with Crippen molar-refractivity contribution in [3.05, 3.63) is 29.3 Å². The van der Waals surface area contributed by atoms with Crippen LogP contribution in [-0.2, 0) is 10.3 Å². The summed E-state index contributed by atoms with van der Waals surface area (Å²) in [6.07, 6.45) is 0.459. The Balaban J connectivity index is 2.17. The first-order chi connectivity index (χ1) is 8.12. The van der Waals surface area contributed by atoms with Gasteiger partial charge in [0.1, 0.15) is 5.75 Å². The van der Waals surface area contributed by atoms with Gasteiger partial charge in [0.05, 0.1) is 6.61 Å². The number of hydrogen-bond acceptors (Lipinski definition) is 3. The van der Waals surface area contributed by atoms with Gasteiger partial charge in [0.25, 0.3) is 5.91 Å². The van der Waals surface area contributed by atoms with Crippen molar-refractivity contribution in [2.24, 2.45) is 0 Å². The first kappa shape index (κ1) is 10.1. The van der Waals surface area contributed by atoms with Gasteiger partial charge >= 0.3 is 6.03 Å². The summed E-state index contributed by atoms with van der Waals surface area (Å²) < 4.78 is 5.54. The summed E-state index contributed by atoms with van der Waals surface area (Å²) in [7, 11) is 0. The second-order valence-electron chi connectivity index (χ2n) is 4.41. The lowest BCUT2D eigenvalue weighted by Gasteiger charge is -2.32. The van der Waals surface area contributed by atoms with E-state index in [1.807, 2.05) is 25.1 Å². The maximum Gasteiger partial charge on any atom is 0.322 e. The van der Waals surface area contributed by atoms with Crippen molar-refractivity contribution >= 4 is 11.9 Å². The van der Waals surface area contributed by atoms with E-state index < -0.39 is 11.6 Å². The van der Waals surface area contributed by atoms with Crippen molar-refractivity contribution in [1.82, 2.24) is 10.6 Å². The topological polar surface area (TPSA) is 67.4 Å². The number of imide groups is 1. The fraction of sp³-hybridized carbons (Fsp3) is 0.333. The fourth-order valence-corrected chi connectivity index (χ4v) is 2.41. The molecule has 0 aromatic heterocycles. The van der Waals surface area contributed by atoms with E-state index in [0.29, 0.717) is 18.8 Å². The van der Waals surface area contributed by atoms with Crippen LogP contribution in [0.5, 0.6) is 5.75 Å². The molecule has 5 heteroatoms. The number of aryl methyl sites for hydroxylation is 1. The molecule has 1 fully saturated rings. The number of nitrogens with one attached hydrogen (secondary N) is 2. The Kier molecular flexibility index (Phi) is 1.92. The van der Waals surface area contributed by atoms with Crippen molar-refractivity contribution < 1.29 is 14.3 Å². The Morgan fingerprint density at radius 2 is 2.18 bits per heavy atom. The van der Waals surface area contributed by atoms with Crippen LogP contribution in [-0.4, -0.2) is 18.5 Å². The Hall–Kier alpha value is -2.04. The molecule has 2 aliphatic rings. The van der Waals surface area contributed by atoms with Gasteiger partial charge < -0.3 is 10.1 Å². The molecule has 88 valence electrons. The van der Waals surface area contributed by atoms with Crippen molar-refractivity contribution in [3.63, 3.8) is 0 Å². The Labute approximate surface area is 98.1 Å². The van der Waals surface area contributed by atoms with E-state index in [0.717, 1.165) is 11.1 Å². The van der Waals surface area contributed by atoms with Crippen LogP contribution in [0.2, 0.25) is 0 Å². The van der Waals surface area contributed by atoms with E-state index in [2.05, 4.69) is 10.6 Å². The van der Waals surface area contributed by atoms with Gasteiger partial charge in [0.2, 0.25) is 0 Å². The summed E-state index contributed by atoms with van der Waals surface area (Å²) in [6, 6.07) is 5.19. The third kappa shape index (κ3) is 1.32. The molecule has 3 rings (SSSR count). The van der Waals surface area contributed by atoms with Gasteiger partial charge in [0, 0.05) is 12.0 Å². The molecule has 1 spiro atoms. The fourth-order valence-electron chi connectivity index (χ4n) is 2.41. The van der Waals surface area contributed by atoms with Crippen LogP contribution in [0.3, 0.4) is 0 Å². The summed E-state index contributed by atoms with van der Waals surface area (Å²) in [5, 5.41) is 5.00. The highest BCUT2D eigenvalue weighted by atomic mass is 16.5. The number of fused-ring (bicyclic) bond motifs is 2. The number of benzene rings is 1. The molecule has 1 aromatic rings. The van der Waals surface area contributed by atoms with E-state index in [1.54, 1.807) is 0 Å². The lowest BCUT2D eigenvalue weighted by molar-refractivity contribution is -0.125. The minimum Gasteiger partial charge on any atom is -0.493 e. The lowest BCUT2D eigenvalue weighted by Crippen LogP contribution is -2.47. The molecule has 17 heavy (non-hydrogen) atoms. The average molecular weight is 232 g/mol. The van der Waals surface area contributed by atoms with E-state index in [9.17, 15) is 9.59 Å². The van der Waals surface area contributed by atoms with Crippen LogP contribution in [0.4, 0.5) is 4.79 Å². The smallest absolute Gasteiger partial charge is 0.322 e. The quantitative estimate of drug-likeness (QED) is 0.650. The zero-order valence-corrected chi connectivity index (χ0v) is 9.37. The standard InChI is InChI=1S/C12H12N2O3/c1-7-2-3-8-9(6-7)17-5-4-12(8)10(15)13-11(16)14-12/h2-3,6H,4-5H2,1H3,(H2,13,14,15,16). The van der Waals surface area contributed by atoms with Gasteiger partial charge in [-0.15, -0.1) is 0 Å². The Morgan fingerprint density at radius 3 is 2.88 bits per heavy atom. The molecule has 5 nitrogen and oxygen atoms in total. The van der Waals surface area contributed by atoms with E-state index >= 15 is 0 Å². The number of carbonyl (C=O) groups excluding carboxylic acids is 2. The van der Waals surface area contributed by atoms with Crippen LogP contribution in [0.25, 0.3) is 0 Å². The number of ether oxygens (including phenoxy) is 1. The van der Waals surface area contributed by atoms with Crippen molar-refractivity contribution in [2.75, 3.05) is 6.61 Å². The molecule has 2 aliphatic heterocycles. The summed E-state index contributed by atoms with van der Waals surface area (Å²) in [6.45, 7) is 2.38. The number of carbonyl (C=O) groups is 2. The summed E-state index contributed by atoms with van der Waals surface area (Å²) >= 11 is 0. The van der Waals surface area contributed by atoms with Crippen LogP contribution >= 0.6 is 0 Å². The SMILES string of the molecule is Cc1ccc2c(c1)OCCC21NC(=O)NC1=O. The minimum absolute atomic E-state index is 0.295. The molecular formula is C12H12N2O3. The normalized spacial score (nSPS) is 26.2. The highest BCUT2D eigenvalue weighted by Gasteiger charge is 2.50.